The van der Waals surface area contributed by atoms with E-state index in [1.807, 2.05) is 0 Å². The fraction of sp³-hybridized carbons (Fsp3) is 0.368. The fourth-order valence-electron chi connectivity index (χ4n) is 3.74. The molecule has 128 valence electrons. The van der Waals surface area contributed by atoms with Gasteiger partial charge in [-0.2, -0.15) is 0 Å². The minimum absolute atomic E-state index is 0.737. The van der Waals surface area contributed by atoms with Crippen LogP contribution in [0.4, 0.5) is 5.95 Å². The van der Waals surface area contributed by atoms with Gasteiger partial charge in [0.05, 0.1) is 24.6 Å². The van der Waals surface area contributed by atoms with E-state index in [-0.39, 0.29) is 0 Å². The summed E-state index contributed by atoms with van der Waals surface area (Å²) in [7, 11) is 0. The van der Waals surface area contributed by atoms with Gasteiger partial charge in [0, 0.05) is 47.9 Å². The van der Waals surface area contributed by atoms with E-state index in [9.17, 15) is 0 Å². The summed E-state index contributed by atoms with van der Waals surface area (Å²) in [5.41, 5.74) is 5.80. The molecule has 4 heterocycles. The zero-order valence-corrected chi connectivity index (χ0v) is 14.1. The van der Waals surface area contributed by atoms with Gasteiger partial charge in [0.15, 0.2) is 0 Å². The molecule has 0 atom stereocenters. The molecule has 2 aromatic heterocycles. The number of nitrogens with zero attached hydrogens (tertiary/aromatic N) is 3. The van der Waals surface area contributed by atoms with Crippen molar-refractivity contribution in [1.82, 2.24) is 20.3 Å². The Hall–Kier alpha value is -2.44. The molecule has 0 radical (unpaired) electrons. The lowest BCUT2D eigenvalue weighted by Gasteiger charge is -2.29. The SMILES string of the molecule is c1ccc2c(-c3nc(N4CCOCC4)nc4c3CCNC4)c[nH]c2c1. The zero-order valence-electron chi connectivity index (χ0n) is 14.1. The highest BCUT2D eigenvalue weighted by atomic mass is 16.5. The normalized spacial score (nSPS) is 17.7. The van der Waals surface area contributed by atoms with Crippen LogP contribution in [0.25, 0.3) is 22.2 Å². The number of para-hydroxylation sites is 1. The van der Waals surface area contributed by atoms with Crippen molar-refractivity contribution < 1.29 is 4.74 Å². The average Bonchev–Trinajstić information content (AvgIpc) is 3.12. The van der Waals surface area contributed by atoms with E-state index in [2.05, 4.69) is 45.7 Å². The molecule has 3 aromatic rings. The number of hydrogen-bond acceptors (Lipinski definition) is 5. The second-order valence-corrected chi connectivity index (χ2v) is 6.57. The Labute approximate surface area is 146 Å². The Morgan fingerprint density at radius 3 is 2.88 bits per heavy atom. The summed E-state index contributed by atoms with van der Waals surface area (Å²) in [5.74, 6) is 0.825. The van der Waals surface area contributed by atoms with Gasteiger partial charge in [0.2, 0.25) is 5.95 Å². The maximum Gasteiger partial charge on any atom is 0.226 e. The van der Waals surface area contributed by atoms with Crippen LogP contribution < -0.4 is 10.2 Å². The van der Waals surface area contributed by atoms with E-state index in [1.165, 1.54) is 16.5 Å². The van der Waals surface area contributed by atoms with Gasteiger partial charge in [-0.15, -0.1) is 0 Å². The van der Waals surface area contributed by atoms with Crippen molar-refractivity contribution in [1.29, 1.82) is 0 Å². The predicted molar refractivity (Wildman–Crippen MR) is 97.8 cm³/mol. The number of fused-ring (bicyclic) bond motifs is 2. The van der Waals surface area contributed by atoms with E-state index < -0.39 is 0 Å². The van der Waals surface area contributed by atoms with E-state index in [4.69, 9.17) is 14.7 Å². The Balaban J connectivity index is 1.69. The van der Waals surface area contributed by atoms with E-state index in [0.717, 1.165) is 68.7 Å². The number of benzene rings is 1. The van der Waals surface area contributed by atoms with Gasteiger partial charge in [-0.05, 0) is 19.0 Å². The number of aromatic nitrogens is 3. The van der Waals surface area contributed by atoms with Crippen LogP contribution >= 0.6 is 0 Å². The second-order valence-electron chi connectivity index (χ2n) is 6.57. The van der Waals surface area contributed by atoms with Crippen molar-refractivity contribution >= 4 is 16.9 Å². The van der Waals surface area contributed by atoms with Crippen LogP contribution in [0.3, 0.4) is 0 Å². The van der Waals surface area contributed by atoms with Gasteiger partial charge in [-0.25, -0.2) is 9.97 Å². The molecule has 2 aliphatic rings. The lowest BCUT2D eigenvalue weighted by atomic mass is 9.99. The van der Waals surface area contributed by atoms with Crippen molar-refractivity contribution in [3.8, 4) is 11.3 Å². The Kier molecular flexibility index (Phi) is 3.64. The second kappa shape index (κ2) is 6.13. The topological polar surface area (TPSA) is 66.1 Å². The molecule has 1 saturated heterocycles. The molecule has 1 aromatic carbocycles. The third-order valence-electron chi connectivity index (χ3n) is 5.06. The minimum Gasteiger partial charge on any atom is -0.378 e. The van der Waals surface area contributed by atoms with Crippen molar-refractivity contribution in [3.05, 3.63) is 41.7 Å². The number of ether oxygens (including phenoxy) is 1. The number of H-pyrrole nitrogens is 1. The molecule has 2 N–H and O–H groups in total. The molecule has 5 rings (SSSR count). The number of nitrogens with one attached hydrogen (secondary N) is 2. The number of morpholine rings is 1. The van der Waals surface area contributed by atoms with Crippen LogP contribution in [-0.2, 0) is 17.7 Å². The Bertz CT molecular complexity index is 913. The van der Waals surface area contributed by atoms with Gasteiger partial charge in [-0.1, -0.05) is 18.2 Å². The van der Waals surface area contributed by atoms with Gasteiger partial charge in [-0.3, -0.25) is 0 Å². The standard InChI is InChI=1S/C19H21N5O/c1-2-4-16-13(3-1)15(11-21-16)18-14-5-6-20-12-17(14)22-19(23-18)24-7-9-25-10-8-24/h1-4,11,20-21H,5-10,12H2. The molecule has 0 amide bonds. The van der Waals surface area contributed by atoms with E-state index in [1.54, 1.807) is 0 Å². The first-order valence-corrected chi connectivity index (χ1v) is 8.90. The molecule has 25 heavy (non-hydrogen) atoms. The van der Waals surface area contributed by atoms with Crippen LogP contribution in [0.5, 0.6) is 0 Å². The summed E-state index contributed by atoms with van der Waals surface area (Å²) in [4.78, 5) is 15.5. The molecule has 6 heteroatoms. The summed E-state index contributed by atoms with van der Waals surface area (Å²) >= 11 is 0. The van der Waals surface area contributed by atoms with Crippen molar-refractivity contribution in [3.63, 3.8) is 0 Å². The lowest BCUT2D eigenvalue weighted by molar-refractivity contribution is 0.122. The molecule has 2 aliphatic heterocycles. The largest absolute Gasteiger partial charge is 0.378 e. The van der Waals surface area contributed by atoms with Gasteiger partial charge in [0.25, 0.3) is 0 Å². The molecule has 0 bridgehead atoms. The van der Waals surface area contributed by atoms with Crippen LogP contribution in [0.2, 0.25) is 0 Å². The first-order valence-electron chi connectivity index (χ1n) is 8.90. The molecule has 6 nitrogen and oxygen atoms in total. The maximum atomic E-state index is 5.48. The number of hydrogen-bond donors (Lipinski definition) is 2. The molecule has 0 spiro atoms. The first kappa shape index (κ1) is 14.9. The first-order chi connectivity index (χ1) is 12.4. The third kappa shape index (κ3) is 2.58. The summed E-state index contributed by atoms with van der Waals surface area (Å²) < 4.78 is 5.48. The highest BCUT2D eigenvalue weighted by Crippen LogP contribution is 2.33. The van der Waals surface area contributed by atoms with Crippen LogP contribution in [0, 0.1) is 0 Å². The van der Waals surface area contributed by atoms with Gasteiger partial charge >= 0.3 is 0 Å². The highest BCUT2D eigenvalue weighted by Gasteiger charge is 2.23. The number of rotatable bonds is 2. The Morgan fingerprint density at radius 2 is 1.96 bits per heavy atom. The van der Waals surface area contributed by atoms with E-state index >= 15 is 0 Å². The minimum atomic E-state index is 0.737. The van der Waals surface area contributed by atoms with Crippen LogP contribution in [0.1, 0.15) is 11.3 Å². The van der Waals surface area contributed by atoms with Crippen molar-refractivity contribution in [2.45, 2.75) is 13.0 Å². The van der Waals surface area contributed by atoms with Crippen LogP contribution in [-0.4, -0.2) is 47.8 Å². The summed E-state index contributed by atoms with van der Waals surface area (Å²) in [5, 5.41) is 4.66. The summed E-state index contributed by atoms with van der Waals surface area (Å²) in [6.07, 6.45) is 3.05. The Morgan fingerprint density at radius 1 is 1.08 bits per heavy atom. The molecular formula is C19H21N5O. The van der Waals surface area contributed by atoms with Crippen LogP contribution in [0.15, 0.2) is 30.5 Å². The zero-order chi connectivity index (χ0) is 16.6. The highest BCUT2D eigenvalue weighted by molar-refractivity contribution is 5.95. The average molecular weight is 335 g/mol. The summed E-state index contributed by atoms with van der Waals surface area (Å²) in [6.45, 7) is 4.95. The third-order valence-corrected chi connectivity index (χ3v) is 5.06. The lowest BCUT2D eigenvalue weighted by Crippen LogP contribution is -2.38. The van der Waals surface area contributed by atoms with Gasteiger partial charge in [0.1, 0.15) is 0 Å². The van der Waals surface area contributed by atoms with Crippen molar-refractivity contribution in [2.75, 3.05) is 37.7 Å². The van der Waals surface area contributed by atoms with Gasteiger partial charge < -0.3 is 19.9 Å². The number of anilines is 1. The molecule has 0 aliphatic carbocycles. The van der Waals surface area contributed by atoms with Crippen molar-refractivity contribution in [2.24, 2.45) is 0 Å². The number of aromatic amines is 1. The summed E-state index contributed by atoms with van der Waals surface area (Å²) in [6, 6.07) is 8.40. The smallest absolute Gasteiger partial charge is 0.226 e. The fourth-order valence-corrected chi connectivity index (χ4v) is 3.74. The molecule has 0 unspecified atom stereocenters. The molecular weight excluding hydrogens is 314 g/mol. The van der Waals surface area contributed by atoms with E-state index in [0.29, 0.717) is 0 Å². The maximum absolute atomic E-state index is 5.48. The quantitative estimate of drug-likeness (QED) is 0.751. The monoisotopic (exact) mass is 335 g/mol. The predicted octanol–water partition coefficient (Wildman–Crippen LogP) is 2.11. The molecule has 0 saturated carbocycles. The molecule has 1 fully saturated rings.